The number of aromatic nitrogens is 1. The van der Waals surface area contributed by atoms with Gasteiger partial charge in [-0.25, -0.2) is 9.37 Å². The summed E-state index contributed by atoms with van der Waals surface area (Å²) in [5, 5.41) is 18.0. The second-order valence-corrected chi connectivity index (χ2v) is 5.29. The molecule has 0 fully saturated rings. The molecule has 4 nitrogen and oxygen atoms in total. The molecular weight excluding hydrogens is 317 g/mol. The van der Waals surface area contributed by atoms with Crippen LogP contribution in [0, 0.1) is 28.5 Å². The lowest BCUT2D eigenvalue weighted by molar-refractivity contribution is 0.306. The fraction of sp³-hybridized carbons (Fsp3) is 0.0500. The van der Waals surface area contributed by atoms with E-state index >= 15 is 0 Å². The first-order valence-electron chi connectivity index (χ1n) is 7.47. The number of nitriles is 2. The molecule has 0 aliphatic carbocycles. The lowest BCUT2D eigenvalue weighted by atomic mass is 10.1. The van der Waals surface area contributed by atoms with Gasteiger partial charge in [0.15, 0.2) is 0 Å². The van der Waals surface area contributed by atoms with Gasteiger partial charge in [-0.05, 0) is 41.5 Å². The maximum atomic E-state index is 13.2. The molecule has 0 aliphatic heterocycles. The predicted molar refractivity (Wildman–Crippen MR) is 89.8 cm³/mol. The highest BCUT2D eigenvalue weighted by Gasteiger charge is 2.10. The molecule has 0 saturated heterocycles. The monoisotopic (exact) mass is 329 g/mol. The molecule has 120 valence electrons. The quantitative estimate of drug-likeness (QED) is 0.719. The Bertz CT molecular complexity index is 985. The number of hydrogen-bond acceptors (Lipinski definition) is 4. The lowest BCUT2D eigenvalue weighted by Crippen LogP contribution is -1.99. The first-order chi connectivity index (χ1) is 12.2. The Labute approximate surface area is 144 Å². The SMILES string of the molecule is N#Cc1cccc(COc2cnc(C#N)cc2-c2ccc(F)cc2)c1. The van der Waals surface area contributed by atoms with E-state index in [1.165, 1.54) is 18.3 Å². The summed E-state index contributed by atoms with van der Waals surface area (Å²) in [7, 11) is 0. The van der Waals surface area contributed by atoms with Crippen molar-refractivity contribution in [1.82, 2.24) is 4.98 Å². The third-order valence-corrected chi connectivity index (χ3v) is 3.59. The smallest absolute Gasteiger partial charge is 0.146 e. The van der Waals surface area contributed by atoms with Gasteiger partial charge in [0.05, 0.1) is 17.8 Å². The topological polar surface area (TPSA) is 69.7 Å². The van der Waals surface area contributed by atoms with E-state index < -0.39 is 0 Å². The largest absolute Gasteiger partial charge is 0.487 e. The van der Waals surface area contributed by atoms with Crippen LogP contribution in [0.25, 0.3) is 11.1 Å². The second-order valence-electron chi connectivity index (χ2n) is 5.29. The van der Waals surface area contributed by atoms with Gasteiger partial charge in [-0.15, -0.1) is 0 Å². The average Bonchev–Trinajstić information content (AvgIpc) is 2.67. The Balaban J connectivity index is 1.91. The van der Waals surface area contributed by atoms with Crippen molar-refractivity contribution in [3.05, 3.63) is 83.4 Å². The van der Waals surface area contributed by atoms with Crippen LogP contribution in [0.4, 0.5) is 4.39 Å². The molecule has 1 heterocycles. The molecule has 0 atom stereocenters. The molecule has 0 amide bonds. The fourth-order valence-corrected chi connectivity index (χ4v) is 2.37. The van der Waals surface area contributed by atoms with Gasteiger partial charge >= 0.3 is 0 Å². The van der Waals surface area contributed by atoms with E-state index in [4.69, 9.17) is 15.3 Å². The van der Waals surface area contributed by atoms with Crippen LogP contribution in [-0.2, 0) is 6.61 Å². The number of ether oxygens (including phenoxy) is 1. The Kier molecular flexibility index (Phi) is 4.69. The number of hydrogen-bond donors (Lipinski definition) is 0. The van der Waals surface area contributed by atoms with E-state index in [2.05, 4.69) is 11.1 Å². The first-order valence-corrected chi connectivity index (χ1v) is 7.47. The summed E-state index contributed by atoms with van der Waals surface area (Å²) >= 11 is 0. The Hall–Kier alpha value is -3.70. The van der Waals surface area contributed by atoms with Crippen molar-refractivity contribution in [2.75, 3.05) is 0 Å². The van der Waals surface area contributed by atoms with E-state index in [9.17, 15) is 4.39 Å². The van der Waals surface area contributed by atoms with Crippen LogP contribution < -0.4 is 4.74 Å². The molecular formula is C20H12FN3O. The minimum Gasteiger partial charge on any atom is -0.487 e. The van der Waals surface area contributed by atoms with Gasteiger partial charge in [0, 0.05) is 5.56 Å². The van der Waals surface area contributed by atoms with Crippen LogP contribution in [0.15, 0.2) is 60.8 Å². The van der Waals surface area contributed by atoms with Crippen LogP contribution in [-0.4, -0.2) is 4.98 Å². The molecule has 25 heavy (non-hydrogen) atoms. The normalized spacial score (nSPS) is 9.88. The molecule has 2 aromatic carbocycles. The van der Waals surface area contributed by atoms with Crippen LogP contribution in [0.3, 0.4) is 0 Å². The van der Waals surface area contributed by atoms with E-state index in [0.29, 0.717) is 16.9 Å². The Morgan fingerprint density at radius 2 is 1.80 bits per heavy atom. The van der Waals surface area contributed by atoms with Gasteiger partial charge in [-0.3, -0.25) is 0 Å². The second kappa shape index (κ2) is 7.25. The molecule has 3 aromatic rings. The molecule has 5 heteroatoms. The van der Waals surface area contributed by atoms with Crippen LogP contribution in [0.5, 0.6) is 5.75 Å². The van der Waals surface area contributed by atoms with Crippen LogP contribution in [0.1, 0.15) is 16.8 Å². The summed E-state index contributed by atoms with van der Waals surface area (Å²) in [4.78, 5) is 4.03. The van der Waals surface area contributed by atoms with E-state index in [0.717, 1.165) is 11.1 Å². The number of rotatable bonds is 4. The van der Waals surface area contributed by atoms with Gasteiger partial charge < -0.3 is 4.74 Å². The van der Waals surface area contributed by atoms with Gasteiger partial charge in [0.2, 0.25) is 0 Å². The predicted octanol–water partition coefficient (Wildman–Crippen LogP) is 4.21. The highest BCUT2D eigenvalue weighted by molar-refractivity contribution is 5.70. The van der Waals surface area contributed by atoms with Gasteiger partial charge in [0.1, 0.15) is 29.9 Å². The van der Waals surface area contributed by atoms with Crippen molar-refractivity contribution in [2.24, 2.45) is 0 Å². The number of benzene rings is 2. The van der Waals surface area contributed by atoms with Crippen molar-refractivity contribution in [3.63, 3.8) is 0 Å². The standard InChI is InChI=1S/C20H12FN3O/c21-17-6-4-16(5-7-17)19-9-18(11-23)24-12-20(19)25-13-15-3-1-2-14(8-15)10-22/h1-9,12H,13H2. The number of nitrogens with zero attached hydrogens (tertiary/aromatic N) is 3. The Morgan fingerprint density at radius 3 is 2.52 bits per heavy atom. The van der Waals surface area contributed by atoms with Gasteiger partial charge in [-0.2, -0.15) is 10.5 Å². The molecule has 1 aromatic heterocycles. The number of halogens is 1. The zero-order chi connectivity index (χ0) is 17.6. The summed E-state index contributed by atoms with van der Waals surface area (Å²) in [6.07, 6.45) is 1.48. The van der Waals surface area contributed by atoms with Crippen molar-refractivity contribution < 1.29 is 9.13 Å². The third kappa shape index (κ3) is 3.80. The molecule has 0 aliphatic rings. The summed E-state index contributed by atoms with van der Waals surface area (Å²) in [6, 6.07) is 18.7. The zero-order valence-electron chi connectivity index (χ0n) is 13.1. The minimum absolute atomic E-state index is 0.247. The van der Waals surface area contributed by atoms with Crippen molar-refractivity contribution >= 4 is 0 Å². The van der Waals surface area contributed by atoms with E-state index in [-0.39, 0.29) is 18.1 Å². The molecule has 0 radical (unpaired) electrons. The van der Waals surface area contributed by atoms with Crippen molar-refractivity contribution in [2.45, 2.75) is 6.61 Å². The molecule has 3 rings (SSSR count). The van der Waals surface area contributed by atoms with Crippen LogP contribution >= 0.6 is 0 Å². The molecule has 0 unspecified atom stereocenters. The summed E-state index contributed by atoms with van der Waals surface area (Å²) in [6.45, 7) is 0.247. The maximum absolute atomic E-state index is 13.2. The molecule has 0 saturated carbocycles. The van der Waals surface area contributed by atoms with Crippen molar-refractivity contribution in [1.29, 1.82) is 10.5 Å². The first kappa shape index (κ1) is 16.2. The highest BCUT2D eigenvalue weighted by atomic mass is 19.1. The van der Waals surface area contributed by atoms with E-state index in [1.807, 2.05) is 12.1 Å². The molecule has 0 N–H and O–H groups in total. The van der Waals surface area contributed by atoms with Crippen LogP contribution in [0.2, 0.25) is 0 Å². The van der Waals surface area contributed by atoms with E-state index in [1.54, 1.807) is 36.4 Å². The minimum atomic E-state index is -0.339. The molecule has 0 spiro atoms. The summed E-state index contributed by atoms with van der Waals surface area (Å²) in [5.74, 6) is 0.141. The molecule has 0 bridgehead atoms. The highest BCUT2D eigenvalue weighted by Crippen LogP contribution is 2.30. The maximum Gasteiger partial charge on any atom is 0.146 e. The third-order valence-electron chi connectivity index (χ3n) is 3.59. The zero-order valence-corrected chi connectivity index (χ0v) is 13.1. The Morgan fingerprint density at radius 1 is 1.00 bits per heavy atom. The average molecular weight is 329 g/mol. The van der Waals surface area contributed by atoms with Gasteiger partial charge in [-0.1, -0.05) is 24.3 Å². The lowest BCUT2D eigenvalue weighted by Gasteiger charge is -2.12. The fourth-order valence-electron chi connectivity index (χ4n) is 2.37. The summed E-state index contributed by atoms with van der Waals surface area (Å²) in [5.41, 5.74) is 3.02. The van der Waals surface area contributed by atoms with Crippen molar-refractivity contribution in [3.8, 4) is 29.0 Å². The summed E-state index contributed by atoms with van der Waals surface area (Å²) < 4.78 is 19.0. The van der Waals surface area contributed by atoms with Gasteiger partial charge in [0.25, 0.3) is 0 Å². The number of pyridine rings is 1.